The van der Waals surface area contributed by atoms with E-state index in [1.807, 2.05) is 30.3 Å². The molecule has 0 saturated carbocycles. The SMILES string of the molecule is CCOC(=O)C(SCc1ccccc1)C(c1ccccc1)[N+](=O)[O-]. The third-order valence-electron chi connectivity index (χ3n) is 3.45. The highest BCUT2D eigenvalue weighted by atomic mass is 32.2. The molecule has 6 heteroatoms. The number of benzene rings is 2. The first-order valence-electron chi connectivity index (χ1n) is 7.64. The largest absolute Gasteiger partial charge is 0.465 e. The zero-order valence-electron chi connectivity index (χ0n) is 13.3. The van der Waals surface area contributed by atoms with E-state index >= 15 is 0 Å². The van der Waals surface area contributed by atoms with Gasteiger partial charge in [0.05, 0.1) is 6.61 Å². The smallest absolute Gasteiger partial charge is 0.326 e. The first-order chi connectivity index (χ1) is 11.6. The highest BCUT2D eigenvalue weighted by Crippen LogP contribution is 2.32. The summed E-state index contributed by atoms with van der Waals surface area (Å²) in [7, 11) is 0. The van der Waals surface area contributed by atoms with Gasteiger partial charge in [0.15, 0.2) is 5.25 Å². The third-order valence-corrected chi connectivity index (χ3v) is 4.76. The number of nitro groups is 1. The van der Waals surface area contributed by atoms with E-state index in [1.165, 1.54) is 11.8 Å². The lowest BCUT2D eigenvalue weighted by atomic mass is 10.0. The fraction of sp³-hybridized carbons (Fsp3) is 0.278. The van der Waals surface area contributed by atoms with Crippen LogP contribution in [-0.4, -0.2) is 22.7 Å². The third kappa shape index (κ3) is 4.83. The van der Waals surface area contributed by atoms with Crippen molar-refractivity contribution in [2.24, 2.45) is 0 Å². The normalized spacial score (nSPS) is 13.0. The Morgan fingerprint density at radius 3 is 2.25 bits per heavy atom. The van der Waals surface area contributed by atoms with Crippen LogP contribution in [0.3, 0.4) is 0 Å². The maximum atomic E-state index is 12.3. The highest BCUT2D eigenvalue weighted by molar-refractivity contribution is 7.99. The van der Waals surface area contributed by atoms with Crippen molar-refractivity contribution in [2.75, 3.05) is 6.61 Å². The van der Waals surface area contributed by atoms with Gasteiger partial charge in [0.25, 0.3) is 6.04 Å². The lowest BCUT2D eigenvalue weighted by Crippen LogP contribution is -2.32. The molecule has 0 heterocycles. The Labute approximate surface area is 145 Å². The van der Waals surface area contributed by atoms with Crippen molar-refractivity contribution in [3.63, 3.8) is 0 Å². The predicted molar refractivity (Wildman–Crippen MR) is 94.3 cm³/mol. The summed E-state index contributed by atoms with van der Waals surface area (Å²) in [5.41, 5.74) is 1.51. The molecule has 2 unspecified atom stereocenters. The predicted octanol–water partition coefficient (Wildman–Crippen LogP) is 3.87. The highest BCUT2D eigenvalue weighted by Gasteiger charge is 2.40. The Morgan fingerprint density at radius 1 is 1.12 bits per heavy atom. The van der Waals surface area contributed by atoms with Gasteiger partial charge < -0.3 is 4.74 Å². The molecule has 0 aliphatic carbocycles. The van der Waals surface area contributed by atoms with Crippen molar-refractivity contribution in [1.29, 1.82) is 0 Å². The van der Waals surface area contributed by atoms with Gasteiger partial charge in [0, 0.05) is 16.2 Å². The lowest BCUT2D eigenvalue weighted by Gasteiger charge is -2.19. The van der Waals surface area contributed by atoms with E-state index in [1.54, 1.807) is 37.3 Å². The first-order valence-corrected chi connectivity index (χ1v) is 8.69. The lowest BCUT2D eigenvalue weighted by molar-refractivity contribution is -0.526. The number of rotatable bonds is 8. The van der Waals surface area contributed by atoms with Crippen molar-refractivity contribution < 1.29 is 14.5 Å². The van der Waals surface area contributed by atoms with Crippen LogP contribution in [0, 0.1) is 10.1 Å². The zero-order chi connectivity index (χ0) is 17.4. The Morgan fingerprint density at radius 2 is 1.71 bits per heavy atom. The molecule has 0 amide bonds. The molecule has 0 N–H and O–H groups in total. The van der Waals surface area contributed by atoms with E-state index in [0.29, 0.717) is 11.3 Å². The van der Waals surface area contributed by atoms with E-state index in [0.717, 1.165) is 5.56 Å². The molecule has 24 heavy (non-hydrogen) atoms. The van der Waals surface area contributed by atoms with Crippen molar-refractivity contribution in [3.05, 3.63) is 81.9 Å². The number of carbonyl (C=O) groups is 1. The Kier molecular flexibility index (Phi) is 6.81. The number of hydrogen-bond acceptors (Lipinski definition) is 5. The van der Waals surface area contributed by atoms with Crippen LogP contribution >= 0.6 is 11.8 Å². The molecular formula is C18H19NO4S. The van der Waals surface area contributed by atoms with Crippen LogP contribution in [0.25, 0.3) is 0 Å². The second-order valence-corrected chi connectivity index (χ2v) is 6.24. The minimum absolute atomic E-state index is 0.195. The average Bonchev–Trinajstić information content (AvgIpc) is 2.60. The first kappa shape index (κ1) is 18.0. The van der Waals surface area contributed by atoms with Gasteiger partial charge in [0.1, 0.15) is 0 Å². The van der Waals surface area contributed by atoms with E-state index in [9.17, 15) is 14.9 Å². The van der Waals surface area contributed by atoms with Gasteiger partial charge in [0.2, 0.25) is 0 Å². The van der Waals surface area contributed by atoms with Crippen LogP contribution in [0.15, 0.2) is 60.7 Å². The topological polar surface area (TPSA) is 69.4 Å². The molecule has 2 aromatic rings. The molecule has 0 saturated heterocycles. The molecule has 0 bridgehead atoms. The Bertz CT molecular complexity index is 663. The van der Waals surface area contributed by atoms with Gasteiger partial charge >= 0.3 is 5.97 Å². The van der Waals surface area contributed by atoms with Crippen molar-refractivity contribution >= 4 is 17.7 Å². The van der Waals surface area contributed by atoms with Gasteiger partial charge in [-0.15, -0.1) is 11.8 Å². The fourth-order valence-electron chi connectivity index (χ4n) is 2.33. The second-order valence-electron chi connectivity index (χ2n) is 5.11. The van der Waals surface area contributed by atoms with Crippen molar-refractivity contribution in [2.45, 2.75) is 24.0 Å². The van der Waals surface area contributed by atoms with Gasteiger partial charge in [-0.3, -0.25) is 14.9 Å². The summed E-state index contributed by atoms with van der Waals surface area (Å²) >= 11 is 1.24. The number of esters is 1. The fourth-order valence-corrected chi connectivity index (χ4v) is 3.54. The summed E-state index contributed by atoms with van der Waals surface area (Å²) in [6.45, 7) is 1.89. The zero-order valence-corrected chi connectivity index (χ0v) is 14.1. The summed E-state index contributed by atoms with van der Waals surface area (Å²) in [5.74, 6) is -0.0504. The van der Waals surface area contributed by atoms with E-state index in [4.69, 9.17) is 4.74 Å². The van der Waals surface area contributed by atoms with Crippen LogP contribution in [0.4, 0.5) is 0 Å². The van der Waals surface area contributed by atoms with Gasteiger partial charge in [-0.2, -0.15) is 0 Å². The average molecular weight is 345 g/mol. The van der Waals surface area contributed by atoms with Gasteiger partial charge in [-0.25, -0.2) is 0 Å². The van der Waals surface area contributed by atoms with Crippen LogP contribution in [-0.2, 0) is 15.3 Å². The Hall–Kier alpha value is -2.34. The number of nitrogens with zero attached hydrogens (tertiary/aromatic N) is 1. The maximum Gasteiger partial charge on any atom is 0.326 e. The van der Waals surface area contributed by atoms with E-state index in [-0.39, 0.29) is 6.61 Å². The molecule has 126 valence electrons. The van der Waals surface area contributed by atoms with Crippen molar-refractivity contribution in [3.8, 4) is 0 Å². The number of thioether (sulfide) groups is 1. The molecule has 0 aliphatic heterocycles. The minimum Gasteiger partial charge on any atom is -0.465 e. The summed E-state index contributed by atoms with van der Waals surface area (Å²) < 4.78 is 5.08. The quantitative estimate of drug-likeness (QED) is 0.413. The number of ether oxygens (including phenoxy) is 1. The number of hydrogen-bond donors (Lipinski definition) is 0. The number of carbonyl (C=O) groups excluding carboxylic acids is 1. The molecule has 0 spiro atoms. The molecule has 0 fully saturated rings. The van der Waals surface area contributed by atoms with E-state index in [2.05, 4.69) is 0 Å². The molecular weight excluding hydrogens is 326 g/mol. The molecule has 2 rings (SSSR count). The van der Waals surface area contributed by atoms with Crippen LogP contribution in [0.1, 0.15) is 24.1 Å². The standard InChI is InChI=1S/C18H19NO4S/c1-2-23-18(20)17(24-13-14-9-5-3-6-10-14)16(19(21)22)15-11-7-4-8-12-15/h3-12,16-17H,2,13H2,1H3. The Balaban J connectivity index is 2.25. The molecule has 0 aliphatic rings. The summed E-state index contributed by atoms with van der Waals surface area (Å²) in [6.07, 6.45) is 0. The molecule has 5 nitrogen and oxygen atoms in total. The minimum atomic E-state index is -1.14. The van der Waals surface area contributed by atoms with Gasteiger partial charge in [-0.1, -0.05) is 60.7 Å². The van der Waals surface area contributed by atoms with Crippen molar-refractivity contribution in [1.82, 2.24) is 0 Å². The maximum absolute atomic E-state index is 12.3. The summed E-state index contributed by atoms with van der Waals surface area (Å²) in [5, 5.41) is 10.7. The second kappa shape index (κ2) is 9.08. The molecule has 2 aromatic carbocycles. The molecule has 0 radical (unpaired) electrons. The van der Waals surface area contributed by atoms with Gasteiger partial charge in [-0.05, 0) is 12.5 Å². The summed E-state index contributed by atoms with van der Waals surface area (Å²) in [6, 6.07) is 17.0. The monoisotopic (exact) mass is 345 g/mol. The molecule has 0 aromatic heterocycles. The summed E-state index contributed by atoms with van der Waals surface area (Å²) in [4.78, 5) is 23.6. The van der Waals surface area contributed by atoms with Crippen LogP contribution in [0.5, 0.6) is 0 Å². The van der Waals surface area contributed by atoms with E-state index < -0.39 is 22.2 Å². The van der Waals surface area contributed by atoms with Crippen LogP contribution in [0.2, 0.25) is 0 Å². The van der Waals surface area contributed by atoms with Crippen LogP contribution < -0.4 is 0 Å². The molecule has 2 atom stereocenters.